The molecular weight excluding hydrogens is 505 g/mol. The standard InChI is InChI=1S/C29H31F3N6O/c1-37-9-11-38(12-10-37)25-6-4-22(29(33)39)27(34-8-2-7-30)26(25)28-23-16-18(3-5-24(23)35-36-28)13-19-14-20(31)17-21(32)15-19/h3-6,14-17,34H,2,7-13H2,1H3,(H2,33,39)(H,35,36). The first kappa shape index (κ1) is 26.6. The summed E-state index contributed by atoms with van der Waals surface area (Å²) in [6.45, 7) is 3.12. The predicted molar refractivity (Wildman–Crippen MR) is 148 cm³/mol. The Morgan fingerprint density at radius 3 is 2.46 bits per heavy atom. The van der Waals surface area contributed by atoms with Crippen molar-refractivity contribution >= 4 is 28.2 Å². The van der Waals surface area contributed by atoms with Gasteiger partial charge >= 0.3 is 0 Å². The van der Waals surface area contributed by atoms with Gasteiger partial charge < -0.3 is 20.9 Å². The molecular formula is C29H31F3N6O. The smallest absolute Gasteiger partial charge is 0.250 e. The van der Waals surface area contributed by atoms with Gasteiger partial charge in [-0.1, -0.05) is 6.07 Å². The minimum absolute atomic E-state index is 0.270. The van der Waals surface area contributed by atoms with Crippen LogP contribution in [0.2, 0.25) is 0 Å². The number of fused-ring (bicyclic) bond motifs is 1. The summed E-state index contributed by atoms with van der Waals surface area (Å²) in [5.41, 5.74) is 10.9. The quantitative estimate of drug-likeness (QED) is 0.269. The number of aromatic amines is 1. The van der Waals surface area contributed by atoms with E-state index in [1.165, 1.54) is 12.1 Å². The molecule has 204 valence electrons. The lowest BCUT2D eigenvalue weighted by molar-refractivity contribution is 0.100. The second-order valence-corrected chi connectivity index (χ2v) is 9.91. The maximum Gasteiger partial charge on any atom is 0.250 e. The summed E-state index contributed by atoms with van der Waals surface area (Å²) in [7, 11) is 2.08. The lowest BCUT2D eigenvalue weighted by atomic mass is 9.96. The molecule has 1 amide bonds. The molecule has 0 bridgehead atoms. The van der Waals surface area contributed by atoms with Crippen molar-refractivity contribution in [2.45, 2.75) is 12.8 Å². The zero-order chi connectivity index (χ0) is 27.5. The number of piperazine rings is 1. The first-order valence-corrected chi connectivity index (χ1v) is 13.0. The Hall–Kier alpha value is -4.05. The van der Waals surface area contributed by atoms with E-state index in [1.54, 1.807) is 6.07 Å². The molecule has 39 heavy (non-hydrogen) atoms. The van der Waals surface area contributed by atoms with Gasteiger partial charge in [0.15, 0.2) is 0 Å². The first-order valence-electron chi connectivity index (χ1n) is 13.0. The molecule has 2 heterocycles. The molecule has 1 saturated heterocycles. The Balaban J connectivity index is 1.66. The highest BCUT2D eigenvalue weighted by Gasteiger charge is 2.26. The number of carbonyl (C=O) groups is 1. The topological polar surface area (TPSA) is 90.3 Å². The molecule has 5 rings (SSSR count). The Morgan fingerprint density at radius 2 is 1.77 bits per heavy atom. The molecule has 7 nitrogen and oxygen atoms in total. The number of benzene rings is 3. The van der Waals surface area contributed by atoms with Crippen LogP contribution in [0.15, 0.2) is 48.5 Å². The van der Waals surface area contributed by atoms with E-state index in [9.17, 15) is 18.0 Å². The SMILES string of the molecule is CN1CCN(c2ccc(C(N)=O)c(NCCCF)c2-c2n[nH]c3ccc(Cc4cc(F)cc(F)c4)cc23)CC1. The molecule has 1 aromatic heterocycles. The summed E-state index contributed by atoms with van der Waals surface area (Å²) in [6, 6.07) is 12.8. The third-order valence-electron chi connectivity index (χ3n) is 7.10. The number of nitrogens with two attached hydrogens (primary N) is 1. The van der Waals surface area contributed by atoms with Crippen molar-refractivity contribution in [2.75, 3.05) is 56.7 Å². The molecule has 4 N–H and O–H groups in total. The number of H-pyrrole nitrogens is 1. The molecule has 1 aliphatic rings. The number of anilines is 2. The minimum atomic E-state index is -0.626. The Kier molecular flexibility index (Phi) is 7.74. The van der Waals surface area contributed by atoms with E-state index >= 15 is 0 Å². The van der Waals surface area contributed by atoms with E-state index in [2.05, 4.69) is 32.4 Å². The number of likely N-dealkylation sites (N-methyl/N-ethyl adjacent to an activating group) is 1. The summed E-state index contributed by atoms with van der Waals surface area (Å²) >= 11 is 0. The van der Waals surface area contributed by atoms with Crippen molar-refractivity contribution in [3.63, 3.8) is 0 Å². The van der Waals surface area contributed by atoms with Crippen LogP contribution in [0, 0.1) is 11.6 Å². The van der Waals surface area contributed by atoms with Crippen LogP contribution < -0.4 is 16.0 Å². The summed E-state index contributed by atoms with van der Waals surface area (Å²) in [4.78, 5) is 17.0. The highest BCUT2D eigenvalue weighted by Crippen LogP contribution is 2.42. The van der Waals surface area contributed by atoms with Crippen LogP contribution in [-0.4, -0.2) is 67.5 Å². The summed E-state index contributed by atoms with van der Waals surface area (Å²) < 4.78 is 40.6. The van der Waals surface area contributed by atoms with Crippen LogP contribution in [-0.2, 0) is 6.42 Å². The number of aromatic nitrogens is 2. The zero-order valence-electron chi connectivity index (χ0n) is 21.7. The average molecular weight is 537 g/mol. The van der Waals surface area contributed by atoms with Gasteiger partial charge in [-0.2, -0.15) is 5.10 Å². The molecule has 0 radical (unpaired) electrons. The third kappa shape index (κ3) is 5.70. The molecule has 1 aliphatic heterocycles. The number of carbonyl (C=O) groups excluding carboxylic acids is 1. The largest absolute Gasteiger partial charge is 0.384 e. The highest BCUT2D eigenvalue weighted by atomic mass is 19.1. The molecule has 3 aromatic carbocycles. The molecule has 0 aliphatic carbocycles. The average Bonchev–Trinajstić information content (AvgIpc) is 3.31. The van der Waals surface area contributed by atoms with E-state index in [0.29, 0.717) is 41.0 Å². The molecule has 4 aromatic rings. The van der Waals surface area contributed by atoms with Gasteiger partial charge in [0.05, 0.1) is 29.0 Å². The van der Waals surface area contributed by atoms with Gasteiger partial charge in [-0.05, 0) is 67.4 Å². The van der Waals surface area contributed by atoms with Crippen LogP contribution in [0.1, 0.15) is 27.9 Å². The second kappa shape index (κ2) is 11.4. The number of alkyl halides is 1. The number of amides is 1. The molecule has 0 saturated carbocycles. The number of nitrogens with one attached hydrogen (secondary N) is 2. The van der Waals surface area contributed by atoms with E-state index in [-0.39, 0.29) is 6.42 Å². The number of rotatable bonds is 9. The van der Waals surface area contributed by atoms with Crippen molar-refractivity contribution in [1.29, 1.82) is 0 Å². The van der Waals surface area contributed by atoms with Gasteiger partial charge in [-0.15, -0.1) is 0 Å². The maximum absolute atomic E-state index is 13.8. The van der Waals surface area contributed by atoms with Crippen LogP contribution in [0.25, 0.3) is 22.2 Å². The van der Waals surface area contributed by atoms with Crippen molar-refractivity contribution in [3.05, 3.63) is 76.9 Å². The van der Waals surface area contributed by atoms with Crippen LogP contribution in [0.4, 0.5) is 24.5 Å². The molecule has 1 fully saturated rings. The number of primary amides is 1. The fourth-order valence-electron chi connectivity index (χ4n) is 5.12. The van der Waals surface area contributed by atoms with Crippen molar-refractivity contribution < 1.29 is 18.0 Å². The Morgan fingerprint density at radius 1 is 1.03 bits per heavy atom. The van der Waals surface area contributed by atoms with Gasteiger partial charge in [0.25, 0.3) is 5.91 Å². The van der Waals surface area contributed by atoms with Gasteiger partial charge in [-0.25, -0.2) is 8.78 Å². The lowest BCUT2D eigenvalue weighted by Crippen LogP contribution is -2.44. The van der Waals surface area contributed by atoms with Gasteiger partial charge in [0.1, 0.15) is 17.3 Å². The van der Waals surface area contributed by atoms with E-state index in [1.807, 2.05) is 24.3 Å². The van der Waals surface area contributed by atoms with Gasteiger partial charge in [-0.3, -0.25) is 14.3 Å². The summed E-state index contributed by atoms with van der Waals surface area (Å²) in [5.74, 6) is -1.85. The van der Waals surface area contributed by atoms with Crippen molar-refractivity contribution in [1.82, 2.24) is 15.1 Å². The monoisotopic (exact) mass is 536 g/mol. The summed E-state index contributed by atoms with van der Waals surface area (Å²) in [5, 5.41) is 11.8. The number of hydrogen-bond donors (Lipinski definition) is 3. The lowest BCUT2D eigenvalue weighted by Gasteiger charge is -2.35. The Bertz CT molecular complexity index is 1480. The van der Waals surface area contributed by atoms with E-state index < -0.39 is 24.2 Å². The normalized spacial score (nSPS) is 14.2. The van der Waals surface area contributed by atoms with E-state index in [0.717, 1.165) is 54.4 Å². The molecule has 0 atom stereocenters. The maximum atomic E-state index is 13.8. The van der Waals surface area contributed by atoms with Crippen LogP contribution >= 0.6 is 0 Å². The minimum Gasteiger partial charge on any atom is -0.384 e. The molecule has 10 heteroatoms. The highest BCUT2D eigenvalue weighted by molar-refractivity contribution is 6.08. The Labute approximate surface area is 224 Å². The second-order valence-electron chi connectivity index (χ2n) is 9.91. The van der Waals surface area contributed by atoms with Crippen molar-refractivity contribution in [2.24, 2.45) is 5.73 Å². The van der Waals surface area contributed by atoms with Crippen molar-refractivity contribution in [3.8, 4) is 11.3 Å². The van der Waals surface area contributed by atoms with Crippen LogP contribution in [0.5, 0.6) is 0 Å². The third-order valence-corrected chi connectivity index (χ3v) is 7.10. The zero-order valence-corrected chi connectivity index (χ0v) is 21.7. The van der Waals surface area contributed by atoms with Crippen LogP contribution in [0.3, 0.4) is 0 Å². The number of nitrogens with zero attached hydrogens (tertiary/aromatic N) is 3. The predicted octanol–water partition coefficient (Wildman–Crippen LogP) is 4.72. The number of halogens is 3. The number of hydrogen-bond acceptors (Lipinski definition) is 5. The fourth-order valence-corrected chi connectivity index (χ4v) is 5.12. The first-order chi connectivity index (χ1) is 18.8. The molecule has 0 unspecified atom stereocenters. The summed E-state index contributed by atoms with van der Waals surface area (Å²) in [6.07, 6.45) is 0.593. The van der Waals surface area contributed by atoms with Gasteiger partial charge in [0.2, 0.25) is 0 Å². The van der Waals surface area contributed by atoms with Gasteiger partial charge in [0, 0.05) is 49.9 Å². The van der Waals surface area contributed by atoms with E-state index in [4.69, 9.17) is 5.73 Å². The molecule has 0 spiro atoms. The fraction of sp³-hybridized carbons (Fsp3) is 0.310.